The van der Waals surface area contributed by atoms with Crippen molar-refractivity contribution >= 4 is 34.1 Å². The maximum atomic E-state index is 14.8. The maximum absolute atomic E-state index is 14.8. The molecule has 10 nitrogen and oxygen atoms in total. The number of rotatable bonds is 3. The van der Waals surface area contributed by atoms with Crippen LogP contribution in [0.3, 0.4) is 0 Å². The van der Waals surface area contributed by atoms with E-state index in [2.05, 4.69) is 38.5 Å². The Labute approximate surface area is 218 Å². The molecule has 0 bridgehead atoms. The quantitative estimate of drug-likeness (QED) is 0.431. The summed E-state index contributed by atoms with van der Waals surface area (Å²) in [6, 6.07) is 6.08. The molecule has 4 aromatic rings. The Morgan fingerprint density at radius 3 is 3.00 bits per heavy atom. The predicted octanol–water partition coefficient (Wildman–Crippen LogP) is 2.81. The summed E-state index contributed by atoms with van der Waals surface area (Å²) >= 11 is 0. The van der Waals surface area contributed by atoms with Gasteiger partial charge in [-0.25, -0.2) is 14.4 Å². The molecular weight excluding hydrogens is 487 g/mol. The van der Waals surface area contributed by atoms with E-state index < -0.39 is 0 Å². The van der Waals surface area contributed by atoms with E-state index in [4.69, 9.17) is 14.7 Å². The molecule has 194 valence electrons. The summed E-state index contributed by atoms with van der Waals surface area (Å²) in [6.07, 6.45) is 4.67. The molecule has 38 heavy (non-hydrogen) atoms. The van der Waals surface area contributed by atoms with Crippen LogP contribution in [0.15, 0.2) is 36.8 Å². The van der Waals surface area contributed by atoms with Crippen LogP contribution in [0.4, 0.5) is 21.6 Å². The lowest BCUT2D eigenvalue weighted by Crippen LogP contribution is -2.49. The van der Waals surface area contributed by atoms with Crippen LogP contribution < -0.4 is 15.5 Å². The molecule has 1 atom stereocenters. The van der Waals surface area contributed by atoms with E-state index in [1.807, 2.05) is 6.07 Å². The molecule has 7 rings (SSSR count). The number of hydrogen-bond donors (Lipinski definition) is 2. The van der Waals surface area contributed by atoms with Crippen LogP contribution in [0.25, 0.3) is 22.3 Å². The number of nitrogens with one attached hydrogen (secondary N) is 2. The standard InChI is InChI=1S/C27H27FN8O2/c1-34-11-15-14-38-8-7-36(15)21-3-4-22(33-20(21)13-34)32-19-10-30-25(17-9-31-27(37)24(17)19)16-5-6-29-26-23(16)18(28)12-35(26)2/h3-6,10,12,15H,7-9,11,13-14H2,1-2H3,(H,31,37)(H,32,33). The lowest BCUT2D eigenvalue weighted by molar-refractivity contribution is 0.0844. The van der Waals surface area contributed by atoms with Crippen LogP contribution in [-0.2, 0) is 24.9 Å². The van der Waals surface area contributed by atoms with Crippen LogP contribution in [0.2, 0.25) is 0 Å². The number of pyridine rings is 3. The number of aryl methyl sites for hydroxylation is 1. The maximum Gasteiger partial charge on any atom is 0.254 e. The first-order valence-electron chi connectivity index (χ1n) is 12.7. The van der Waals surface area contributed by atoms with Crippen molar-refractivity contribution in [3.8, 4) is 11.3 Å². The highest BCUT2D eigenvalue weighted by molar-refractivity contribution is 6.06. The highest BCUT2D eigenvalue weighted by Gasteiger charge is 2.31. The third-order valence-electron chi connectivity index (χ3n) is 7.59. The number of carbonyl (C=O) groups excluding carboxylic acids is 1. The summed E-state index contributed by atoms with van der Waals surface area (Å²) < 4.78 is 22.2. The number of ether oxygens (including phenoxy) is 1. The van der Waals surface area contributed by atoms with E-state index in [1.165, 1.54) is 6.20 Å². The largest absolute Gasteiger partial charge is 0.377 e. The Morgan fingerprint density at radius 2 is 2.11 bits per heavy atom. The van der Waals surface area contributed by atoms with E-state index in [0.29, 0.717) is 71.7 Å². The van der Waals surface area contributed by atoms with Crippen LogP contribution in [0, 0.1) is 5.82 Å². The fourth-order valence-corrected chi connectivity index (χ4v) is 5.90. The molecule has 0 aromatic carbocycles. The van der Waals surface area contributed by atoms with E-state index in [1.54, 1.807) is 30.1 Å². The minimum Gasteiger partial charge on any atom is -0.377 e. The molecule has 0 saturated carbocycles. The predicted molar refractivity (Wildman–Crippen MR) is 141 cm³/mol. The number of hydrogen-bond acceptors (Lipinski definition) is 8. The summed E-state index contributed by atoms with van der Waals surface area (Å²) in [5, 5.41) is 6.63. The number of likely N-dealkylation sites (N-methyl/N-ethyl adjacent to an activating group) is 1. The fraction of sp³-hybridized carbons (Fsp3) is 0.333. The van der Waals surface area contributed by atoms with Crippen LogP contribution in [-0.4, -0.2) is 69.7 Å². The van der Waals surface area contributed by atoms with Crippen LogP contribution >= 0.6 is 0 Å². The van der Waals surface area contributed by atoms with E-state index >= 15 is 0 Å². The molecule has 2 N–H and O–H groups in total. The Kier molecular flexibility index (Phi) is 5.31. The normalized spacial score (nSPS) is 19.1. The second-order valence-corrected chi connectivity index (χ2v) is 10.1. The number of carbonyl (C=O) groups is 1. The van der Waals surface area contributed by atoms with Crippen molar-refractivity contribution in [2.24, 2.45) is 7.05 Å². The SMILES string of the molecule is CN1Cc2nc(Nc3cnc(-c4ccnc5c4c(F)cn5C)c4c3C(=O)NC4)ccc2N2CCOCC2C1. The highest BCUT2D eigenvalue weighted by atomic mass is 19.1. The molecule has 3 aliphatic heterocycles. The summed E-state index contributed by atoms with van der Waals surface area (Å²) in [6.45, 7) is 4.18. The van der Waals surface area contributed by atoms with Gasteiger partial charge in [-0.2, -0.15) is 0 Å². The van der Waals surface area contributed by atoms with Crippen molar-refractivity contribution in [3.05, 3.63) is 59.4 Å². The van der Waals surface area contributed by atoms with Crippen molar-refractivity contribution in [2.45, 2.75) is 19.1 Å². The van der Waals surface area contributed by atoms with Gasteiger partial charge >= 0.3 is 0 Å². The smallest absolute Gasteiger partial charge is 0.254 e. The Balaban J connectivity index is 1.28. The molecule has 1 unspecified atom stereocenters. The number of anilines is 3. The fourth-order valence-electron chi connectivity index (χ4n) is 5.90. The molecule has 4 aromatic heterocycles. The molecule has 1 fully saturated rings. The molecule has 0 spiro atoms. The van der Waals surface area contributed by atoms with Crippen molar-refractivity contribution < 1.29 is 13.9 Å². The summed E-state index contributed by atoms with van der Waals surface area (Å²) in [5.41, 5.74) is 5.59. The molecule has 1 saturated heterocycles. The van der Waals surface area contributed by atoms with Gasteiger partial charge < -0.3 is 24.8 Å². The number of fused-ring (bicyclic) bond motifs is 5. The van der Waals surface area contributed by atoms with Crippen molar-refractivity contribution in [1.82, 2.24) is 29.7 Å². The van der Waals surface area contributed by atoms with Gasteiger partial charge in [-0.1, -0.05) is 0 Å². The third kappa shape index (κ3) is 3.61. The van der Waals surface area contributed by atoms with Gasteiger partial charge in [-0.3, -0.25) is 14.7 Å². The number of morpholine rings is 1. The van der Waals surface area contributed by atoms with Gasteiger partial charge in [0.15, 0.2) is 5.82 Å². The summed E-state index contributed by atoms with van der Waals surface area (Å²) in [4.78, 5) is 31.6. The number of halogens is 1. The van der Waals surface area contributed by atoms with E-state index in [-0.39, 0.29) is 11.7 Å². The van der Waals surface area contributed by atoms with Gasteiger partial charge in [0, 0.05) is 56.7 Å². The van der Waals surface area contributed by atoms with E-state index in [9.17, 15) is 9.18 Å². The van der Waals surface area contributed by atoms with Gasteiger partial charge in [-0.15, -0.1) is 0 Å². The Morgan fingerprint density at radius 1 is 1.21 bits per heavy atom. The zero-order valence-electron chi connectivity index (χ0n) is 21.2. The molecule has 0 radical (unpaired) electrons. The van der Waals surface area contributed by atoms with Crippen molar-refractivity contribution in [3.63, 3.8) is 0 Å². The summed E-state index contributed by atoms with van der Waals surface area (Å²) in [7, 11) is 3.85. The van der Waals surface area contributed by atoms with Crippen LogP contribution in [0.1, 0.15) is 21.6 Å². The van der Waals surface area contributed by atoms with Crippen molar-refractivity contribution in [1.29, 1.82) is 0 Å². The van der Waals surface area contributed by atoms with Gasteiger partial charge in [0.05, 0.1) is 59.2 Å². The second kappa shape index (κ2) is 8.74. The molecule has 0 aliphatic carbocycles. The van der Waals surface area contributed by atoms with Crippen LogP contribution in [0.5, 0.6) is 0 Å². The average molecular weight is 515 g/mol. The van der Waals surface area contributed by atoms with Gasteiger partial charge in [0.2, 0.25) is 0 Å². The lowest BCUT2D eigenvalue weighted by Gasteiger charge is -2.37. The first-order chi connectivity index (χ1) is 18.5. The third-order valence-corrected chi connectivity index (χ3v) is 7.59. The molecule has 11 heteroatoms. The monoisotopic (exact) mass is 514 g/mol. The number of aromatic nitrogens is 4. The molecule has 3 aliphatic rings. The zero-order valence-corrected chi connectivity index (χ0v) is 21.2. The van der Waals surface area contributed by atoms with E-state index in [0.717, 1.165) is 30.0 Å². The van der Waals surface area contributed by atoms with Gasteiger partial charge in [0.25, 0.3) is 5.91 Å². The minimum absolute atomic E-state index is 0.198. The Bertz CT molecular complexity index is 1600. The van der Waals surface area contributed by atoms with Crippen molar-refractivity contribution in [2.75, 3.05) is 43.6 Å². The number of nitrogens with zero attached hydrogens (tertiary/aromatic N) is 6. The minimum atomic E-state index is -0.373. The van der Waals surface area contributed by atoms with Gasteiger partial charge in [0.1, 0.15) is 11.5 Å². The average Bonchev–Trinajstić information content (AvgIpc) is 3.39. The first kappa shape index (κ1) is 23.1. The second-order valence-electron chi connectivity index (χ2n) is 10.1. The lowest BCUT2D eigenvalue weighted by atomic mass is 10.00. The number of amides is 1. The molecule has 7 heterocycles. The topological polar surface area (TPSA) is 100 Å². The Hall–Kier alpha value is -4.09. The first-order valence-corrected chi connectivity index (χ1v) is 12.7. The van der Waals surface area contributed by atoms with Gasteiger partial charge in [-0.05, 0) is 25.2 Å². The summed E-state index contributed by atoms with van der Waals surface area (Å²) in [5.74, 6) is 0.0682. The molecule has 1 amide bonds. The zero-order chi connectivity index (χ0) is 26.0. The molecular formula is C27H27FN8O2. The highest BCUT2D eigenvalue weighted by Crippen LogP contribution is 2.37.